The van der Waals surface area contributed by atoms with Crippen LogP contribution in [0.1, 0.15) is 57.3 Å². The van der Waals surface area contributed by atoms with Gasteiger partial charge >= 0.3 is 0 Å². The van der Waals surface area contributed by atoms with E-state index in [1.54, 1.807) is 0 Å². The molecule has 19 heavy (non-hydrogen) atoms. The highest BCUT2D eigenvalue weighted by Gasteiger charge is 2.23. The predicted octanol–water partition coefficient (Wildman–Crippen LogP) is 3.18. The fourth-order valence-corrected chi connectivity index (χ4v) is 3.44. The summed E-state index contributed by atoms with van der Waals surface area (Å²) in [6.45, 7) is 5.35. The molecule has 1 saturated carbocycles. The van der Waals surface area contributed by atoms with E-state index in [0.717, 1.165) is 25.3 Å². The predicted molar refractivity (Wildman–Crippen MR) is 80.4 cm³/mol. The van der Waals surface area contributed by atoms with Crippen LogP contribution in [0.15, 0.2) is 6.07 Å². The quantitative estimate of drug-likeness (QED) is 0.819. The van der Waals surface area contributed by atoms with Crippen molar-refractivity contribution in [2.24, 2.45) is 5.92 Å². The largest absolute Gasteiger partial charge is 0.317 e. The average molecular weight is 263 g/mol. The van der Waals surface area contributed by atoms with Crippen LogP contribution in [0.4, 0.5) is 0 Å². The summed E-state index contributed by atoms with van der Waals surface area (Å²) in [5.41, 5.74) is 2.65. The molecule has 1 aromatic heterocycles. The second-order valence-corrected chi connectivity index (χ2v) is 5.77. The Morgan fingerprint density at radius 2 is 2.11 bits per heavy atom. The molecule has 0 spiro atoms. The van der Waals surface area contributed by atoms with Crippen LogP contribution in [0.2, 0.25) is 0 Å². The van der Waals surface area contributed by atoms with E-state index in [9.17, 15) is 0 Å². The molecule has 1 heterocycles. The number of rotatable bonds is 7. The lowest BCUT2D eigenvalue weighted by atomic mass is 9.93. The zero-order valence-electron chi connectivity index (χ0n) is 12.8. The minimum atomic E-state index is 0.688. The van der Waals surface area contributed by atoms with Crippen LogP contribution < -0.4 is 5.32 Å². The van der Waals surface area contributed by atoms with Crippen molar-refractivity contribution in [2.75, 3.05) is 7.05 Å². The maximum Gasteiger partial charge on any atom is 0.0624 e. The summed E-state index contributed by atoms with van der Waals surface area (Å²) in [4.78, 5) is 0. The molecule has 1 N–H and O–H groups in total. The number of nitrogens with zero attached hydrogens (tertiary/aromatic N) is 2. The van der Waals surface area contributed by atoms with Gasteiger partial charge < -0.3 is 5.32 Å². The van der Waals surface area contributed by atoms with Crippen molar-refractivity contribution in [1.29, 1.82) is 0 Å². The van der Waals surface area contributed by atoms with E-state index in [2.05, 4.69) is 42.1 Å². The van der Waals surface area contributed by atoms with E-state index in [0.29, 0.717) is 6.04 Å². The first-order valence-electron chi connectivity index (χ1n) is 8.01. The molecule has 1 aliphatic rings. The number of hydrogen-bond acceptors (Lipinski definition) is 2. The van der Waals surface area contributed by atoms with Crippen LogP contribution in [0.3, 0.4) is 0 Å². The highest BCUT2D eigenvalue weighted by molar-refractivity contribution is 5.11. The van der Waals surface area contributed by atoms with Crippen molar-refractivity contribution in [3.05, 3.63) is 17.5 Å². The Morgan fingerprint density at radius 1 is 1.37 bits per heavy atom. The first-order chi connectivity index (χ1) is 9.28. The molecule has 0 aliphatic heterocycles. The third kappa shape index (κ3) is 3.59. The molecule has 1 unspecified atom stereocenters. The summed E-state index contributed by atoms with van der Waals surface area (Å²) in [5, 5.41) is 8.19. The molecule has 2 rings (SSSR count). The van der Waals surface area contributed by atoms with E-state index in [4.69, 9.17) is 0 Å². The summed E-state index contributed by atoms with van der Waals surface area (Å²) in [6, 6.07) is 2.98. The summed E-state index contributed by atoms with van der Waals surface area (Å²) >= 11 is 0. The monoisotopic (exact) mass is 263 g/mol. The van der Waals surface area contributed by atoms with Crippen LogP contribution in [-0.4, -0.2) is 22.9 Å². The minimum absolute atomic E-state index is 0.688. The highest BCUT2D eigenvalue weighted by atomic mass is 15.3. The van der Waals surface area contributed by atoms with E-state index < -0.39 is 0 Å². The lowest BCUT2D eigenvalue weighted by Gasteiger charge is -2.22. The van der Waals surface area contributed by atoms with Crippen molar-refractivity contribution in [1.82, 2.24) is 15.1 Å². The van der Waals surface area contributed by atoms with Gasteiger partial charge in [0.05, 0.1) is 5.69 Å². The van der Waals surface area contributed by atoms with Gasteiger partial charge in [0.25, 0.3) is 0 Å². The topological polar surface area (TPSA) is 29.9 Å². The Labute approximate surface area is 117 Å². The molecule has 0 amide bonds. The van der Waals surface area contributed by atoms with Crippen molar-refractivity contribution in [2.45, 2.75) is 71.4 Å². The van der Waals surface area contributed by atoms with Crippen molar-refractivity contribution in [3.8, 4) is 0 Å². The van der Waals surface area contributed by atoms with E-state index >= 15 is 0 Å². The molecular formula is C16H29N3. The van der Waals surface area contributed by atoms with Crippen LogP contribution in [0.5, 0.6) is 0 Å². The van der Waals surface area contributed by atoms with Crippen molar-refractivity contribution >= 4 is 0 Å². The summed E-state index contributed by atoms with van der Waals surface area (Å²) in [7, 11) is 2.12. The van der Waals surface area contributed by atoms with Gasteiger partial charge in [-0.25, -0.2) is 0 Å². The summed E-state index contributed by atoms with van der Waals surface area (Å²) in [6.07, 6.45) is 9.12. The molecule has 1 aromatic rings. The van der Waals surface area contributed by atoms with Gasteiger partial charge in [0.1, 0.15) is 0 Å². The van der Waals surface area contributed by atoms with Crippen LogP contribution in [0.25, 0.3) is 0 Å². The number of aromatic nitrogens is 2. The van der Waals surface area contributed by atoms with Gasteiger partial charge in [0, 0.05) is 18.3 Å². The smallest absolute Gasteiger partial charge is 0.0624 e. The van der Waals surface area contributed by atoms with Gasteiger partial charge in [-0.2, -0.15) is 5.10 Å². The van der Waals surface area contributed by atoms with E-state index in [1.807, 2.05) is 0 Å². The zero-order chi connectivity index (χ0) is 13.7. The Hall–Kier alpha value is -0.830. The first kappa shape index (κ1) is 14.6. The Kier molecular flexibility index (Phi) is 5.44. The third-order valence-electron chi connectivity index (χ3n) is 4.63. The molecule has 1 aliphatic carbocycles. The molecular weight excluding hydrogens is 234 g/mol. The van der Waals surface area contributed by atoms with Gasteiger partial charge in [-0.15, -0.1) is 0 Å². The van der Waals surface area contributed by atoms with Gasteiger partial charge in [-0.1, -0.05) is 19.8 Å². The molecule has 0 bridgehead atoms. The van der Waals surface area contributed by atoms with Gasteiger partial charge in [0.2, 0.25) is 0 Å². The van der Waals surface area contributed by atoms with E-state index in [1.165, 1.54) is 43.5 Å². The fraction of sp³-hybridized carbons (Fsp3) is 0.812. The zero-order valence-corrected chi connectivity index (χ0v) is 12.8. The fourth-order valence-electron chi connectivity index (χ4n) is 3.44. The average Bonchev–Trinajstić information content (AvgIpc) is 3.08. The Bertz CT molecular complexity index is 377. The normalized spacial score (nSPS) is 18.1. The Balaban J connectivity index is 1.94. The van der Waals surface area contributed by atoms with Crippen LogP contribution in [0, 0.1) is 5.92 Å². The maximum atomic E-state index is 4.64. The van der Waals surface area contributed by atoms with Crippen molar-refractivity contribution in [3.63, 3.8) is 0 Å². The standard InChI is InChI=1S/C16H29N3/c1-4-14-12-15(19(5-2)18-14)10-11-16(17-3)13-8-6-7-9-13/h12-13,16-17H,4-11H2,1-3H3. The maximum absolute atomic E-state index is 4.64. The first-order valence-corrected chi connectivity index (χ1v) is 8.01. The molecule has 1 atom stereocenters. The van der Waals surface area contributed by atoms with E-state index in [-0.39, 0.29) is 0 Å². The van der Waals surface area contributed by atoms with Gasteiger partial charge in [-0.3, -0.25) is 4.68 Å². The molecule has 0 radical (unpaired) electrons. The number of hydrogen-bond donors (Lipinski definition) is 1. The lowest BCUT2D eigenvalue weighted by Crippen LogP contribution is -2.32. The van der Waals surface area contributed by atoms with Gasteiger partial charge in [-0.05, 0) is 58.1 Å². The van der Waals surface area contributed by atoms with Crippen LogP contribution >= 0.6 is 0 Å². The SMILES string of the molecule is CCc1cc(CCC(NC)C2CCCC2)n(CC)n1. The third-order valence-corrected chi connectivity index (χ3v) is 4.63. The highest BCUT2D eigenvalue weighted by Crippen LogP contribution is 2.29. The number of nitrogens with one attached hydrogen (secondary N) is 1. The lowest BCUT2D eigenvalue weighted by molar-refractivity contribution is 0.357. The molecule has 1 fully saturated rings. The summed E-state index contributed by atoms with van der Waals surface area (Å²) in [5.74, 6) is 0.897. The number of aryl methyl sites for hydroxylation is 3. The second kappa shape index (κ2) is 7.09. The molecule has 3 heteroatoms. The molecule has 0 saturated heterocycles. The summed E-state index contributed by atoms with van der Waals surface area (Å²) < 4.78 is 2.18. The molecule has 108 valence electrons. The molecule has 0 aromatic carbocycles. The van der Waals surface area contributed by atoms with Gasteiger partial charge in [0.15, 0.2) is 0 Å². The molecule has 3 nitrogen and oxygen atoms in total. The minimum Gasteiger partial charge on any atom is -0.317 e. The van der Waals surface area contributed by atoms with Crippen molar-refractivity contribution < 1.29 is 0 Å². The second-order valence-electron chi connectivity index (χ2n) is 5.77. The van der Waals surface area contributed by atoms with Crippen LogP contribution in [-0.2, 0) is 19.4 Å². The Morgan fingerprint density at radius 3 is 2.68 bits per heavy atom.